The Morgan fingerprint density at radius 3 is 2.42 bits per heavy atom. The highest BCUT2D eigenvalue weighted by molar-refractivity contribution is 5.60. The fourth-order valence-electron chi connectivity index (χ4n) is 1.31. The van der Waals surface area contributed by atoms with Crippen LogP contribution in [0.15, 0.2) is 0 Å². The smallest absolute Gasteiger partial charge is 0.434 e. The zero-order valence-electron chi connectivity index (χ0n) is 7.92. The lowest BCUT2D eigenvalue weighted by atomic mass is 9.78. The van der Waals surface area contributed by atoms with Crippen molar-refractivity contribution in [3.05, 3.63) is 0 Å². The van der Waals surface area contributed by atoms with Gasteiger partial charge in [0.15, 0.2) is 0 Å². The summed E-state index contributed by atoms with van der Waals surface area (Å²) in [4.78, 5) is 10.6. The van der Waals surface area contributed by atoms with Gasteiger partial charge in [0, 0.05) is 5.41 Å². The Kier molecular flexibility index (Phi) is 2.60. The summed E-state index contributed by atoms with van der Waals surface area (Å²) in [6, 6.07) is 0. The predicted octanol–water partition coefficient (Wildman–Crippen LogP) is 2.21. The molecule has 1 unspecified atom stereocenters. The SMILES string of the molecule is CCC(C)C1(C)COC(=O)OC1. The van der Waals surface area contributed by atoms with E-state index in [1.165, 1.54) is 0 Å². The molecule has 12 heavy (non-hydrogen) atoms. The molecule has 1 saturated heterocycles. The standard InChI is InChI=1S/C9H16O3/c1-4-7(2)9(3)5-11-8(10)12-6-9/h7H,4-6H2,1-3H3. The highest BCUT2D eigenvalue weighted by Gasteiger charge is 2.37. The molecule has 70 valence electrons. The quantitative estimate of drug-likeness (QED) is 0.599. The van der Waals surface area contributed by atoms with Gasteiger partial charge in [0.25, 0.3) is 0 Å². The minimum atomic E-state index is -0.532. The monoisotopic (exact) mass is 172 g/mol. The predicted molar refractivity (Wildman–Crippen MR) is 44.9 cm³/mol. The van der Waals surface area contributed by atoms with Gasteiger partial charge in [-0.05, 0) is 5.92 Å². The maximum atomic E-state index is 10.6. The van der Waals surface area contributed by atoms with E-state index in [1.807, 2.05) is 0 Å². The lowest BCUT2D eigenvalue weighted by Gasteiger charge is -2.36. The summed E-state index contributed by atoms with van der Waals surface area (Å²) in [5.41, 5.74) is 0.00264. The molecular formula is C9H16O3. The first-order chi connectivity index (χ1) is 5.58. The van der Waals surface area contributed by atoms with Crippen LogP contribution in [0.25, 0.3) is 0 Å². The lowest BCUT2D eigenvalue weighted by Crippen LogP contribution is -2.41. The van der Waals surface area contributed by atoms with Crippen molar-refractivity contribution in [3.63, 3.8) is 0 Å². The van der Waals surface area contributed by atoms with Gasteiger partial charge in [0.05, 0.1) is 0 Å². The van der Waals surface area contributed by atoms with Crippen LogP contribution < -0.4 is 0 Å². The minimum Gasteiger partial charge on any atom is -0.434 e. The van der Waals surface area contributed by atoms with Crippen LogP contribution in [-0.2, 0) is 9.47 Å². The summed E-state index contributed by atoms with van der Waals surface area (Å²) in [5, 5.41) is 0. The average molecular weight is 172 g/mol. The van der Waals surface area contributed by atoms with Crippen molar-refractivity contribution in [3.8, 4) is 0 Å². The van der Waals surface area contributed by atoms with E-state index in [2.05, 4.69) is 20.8 Å². The fourth-order valence-corrected chi connectivity index (χ4v) is 1.31. The Labute approximate surface area is 73.0 Å². The molecule has 0 aromatic carbocycles. The first kappa shape index (κ1) is 9.36. The molecule has 0 aromatic heterocycles. The zero-order chi connectivity index (χ0) is 9.19. The molecule has 1 aliphatic rings. The number of cyclic esters (lactones) is 2. The van der Waals surface area contributed by atoms with E-state index in [0.29, 0.717) is 19.1 Å². The summed E-state index contributed by atoms with van der Waals surface area (Å²) in [6.45, 7) is 7.35. The number of carbonyl (C=O) groups is 1. The first-order valence-corrected chi connectivity index (χ1v) is 4.38. The average Bonchev–Trinajstić information content (AvgIpc) is 2.09. The van der Waals surface area contributed by atoms with Gasteiger partial charge in [-0.2, -0.15) is 0 Å². The number of ether oxygens (including phenoxy) is 2. The van der Waals surface area contributed by atoms with Gasteiger partial charge in [0.2, 0.25) is 0 Å². The summed E-state index contributed by atoms with van der Waals surface area (Å²) in [6.07, 6.45) is 0.549. The lowest BCUT2D eigenvalue weighted by molar-refractivity contribution is -0.0742. The van der Waals surface area contributed by atoms with Crippen LogP contribution in [-0.4, -0.2) is 19.4 Å². The Bertz CT molecular complexity index is 167. The maximum absolute atomic E-state index is 10.6. The number of rotatable bonds is 2. The molecule has 1 atom stereocenters. The number of hydrogen-bond donors (Lipinski definition) is 0. The van der Waals surface area contributed by atoms with Crippen molar-refractivity contribution in [1.29, 1.82) is 0 Å². The van der Waals surface area contributed by atoms with Gasteiger partial charge >= 0.3 is 6.16 Å². The Morgan fingerprint density at radius 2 is 2.00 bits per heavy atom. The molecule has 0 bridgehead atoms. The maximum Gasteiger partial charge on any atom is 0.508 e. The zero-order valence-corrected chi connectivity index (χ0v) is 7.92. The second-order valence-electron chi connectivity index (χ2n) is 3.79. The van der Waals surface area contributed by atoms with Crippen molar-refractivity contribution in [2.75, 3.05) is 13.2 Å². The molecule has 0 aliphatic carbocycles. The third-order valence-corrected chi connectivity index (χ3v) is 2.84. The second kappa shape index (κ2) is 3.33. The van der Waals surface area contributed by atoms with Crippen LogP contribution in [0.4, 0.5) is 4.79 Å². The molecule has 0 N–H and O–H groups in total. The van der Waals surface area contributed by atoms with Crippen LogP contribution in [0.3, 0.4) is 0 Å². The molecule has 1 heterocycles. The number of carbonyl (C=O) groups excluding carboxylic acids is 1. The highest BCUT2D eigenvalue weighted by atomic mass is 16.7. The second-order valence-corrected chi connectivity index (χ2v) is 3.79. The van der Waals surface area contributed by atoms with E-state index in [4.69, 9.17) is 9.47 Å². The largest absolute Gasteiger partial charge is 0.508 e. The van der Waals surface area contributed by atoms with E-state index in [9.17, 15) is 4.79 Å². The Morgan fingerprint density at radius 1 is 1.50 bits per heavy atom. The molecule has 3 heteroatoms. The van der Waals surface area contributed by atoms with E-state index in [-0.39, 0.29) is 5.41 Å². The molecule has 3 nitrogen and oxygen atoms in total. The van der Waals surface area contributed by atoms with Crippen LogP contribution in [0.1, 0.15) is 27.2 Å². The Balaban J connectivity index is 2.55. The first-order valence-electron chi connectivity index (χ1n) is 4.38. The summed E-state index contributed by atoms with van der Waals surface area (Å²) in [7, 11) is 0. The molecule has 1 fully saturated rings. The van der Waals surface area contributed by atoms with Gasteiger partial charge in [0.1, 0.15) is 13.2 Å². The van der Waals surface area contributed by atoms with Crippen molar-refractivity contribution in [2.24, 2.45) is 11.3 Å². The summed E-state index contributed by atoms with van der Waals surface area (Å²) < 4.78 is 9.71. The normalized spacial score (nSPS) is 24.1. The van der Waals surface area contributed by atoms with Crippen molar-refractivity contribution in [1.82, 2.24) is 0 Å². The molecular weight excluding hydrogens is 156 g/mol. The van der Waals surface area contributed by atoms with Gasteiger partial charge in [-0.15, -0.1) is 0 Å². The molecule has 0 aromatic rings. The van der Waals surface area contributed by atoms with Gasteiger partial charge in [-0.1, -0.05) is 27.2 Å². The molecule has 0 radical (unpaired) electrons. The van der Waals surface area contributed by atoms with Gasteiger partial charge in [-0.25, -0.2) is 4.79 Å². The fraction of sp³-hybridized carbons (Fsp3) is 0.889. The van der Waals surface area contributed by atoms with Gasteiger partial charge < -0.3 is 9.47 Å². The topological polar surface area (TPSA) is 35.5 Å². The molecule has 0 spiro atoms. The molecule has 0 saturated carbocycles. The molecule has 1 aliphatic heterocycles. The minimum absolute atomic E-state index is 0.00264. The van der Waals surface area contributed by atoms with Crippen LogP contribution in [0.5, 0.6) is 0 Å². The summed E-state index contributed by atoms with van der Waals surface area (Å²) >= 11 is 0. The van der Waals surface area contributed by atoms with E-state index >= 15 is 0 Å². The van der Waals surface area contributed by atoms with Crippen LogP contribution in [0.2, 0.25) is 0 Å². The van der Waals surface area contributed by atoms with Crippen molar-refractivity contribution >= 4 is 6.16 Å². The van der Waals surface area contributed by atoms with Crippen LogP contribution in [0, 0.1) is 11.3 Å². The Hall–Kier alpha value is -0.730. The third-order valence-electron chi connectivity index (χ3n) is 2.84. The van der Waals surface area contributed by atoms with Crippen molar-refractivity contribution < 1.29 is 14.3 Å². The van der Waals surface area contributed by atoms with Crippen LogP contribution >= 0.6 is 0 Å². The van der Waals surface area contributed by atoms with E-state index < -0.39 is 6.16 Å². The third kappa shape index (κ3) is 1.71. The highest BCUT2D eigenvalue weighted by Crippen LogP contribution is 2.32. The van der Waals surface area contributed by atoms with E-state index in [0.717, 1.165) is 6.42 Å². The summed E-state index contributed by atoms with van der Waals surface area (Å²) in [5.74, 6) is 0.519. The van der Waals surface area contributed by atoms with Gasteiger partial charge in [-0.3, -0.25) is 0 Å². The number of hydrogen-bond acceptors (Lipinski definition) is 3. The van der Waals surface area contributed by atoms with E-state index in [1.54, 1.807) is 0 Å². The molecule has 1 rings (SSSR count). The van der Waals surface area contributed by atoms with Crippen molar-refractivity contribution in [2.45, 2.75) is 27.2 Å². The molecule has 0 amide bonds.